The first kappa shape index (κ1) is 12.8. The summed E-state index contributed by atoms with van der Waals surface area (Å²) in [6.45, 7) is 0.181. The third kappa shape index (κ3) is 2.79. The number of nitrogens with one attached hydrogen (secondary N) is 1. The van der Waals surface area contributed by atoms with E-state index in [2.05, 4.69) is 10.4 Å². The van der Waals surface area contributed by atoms with Crippen molar-refractivity contribution in [3.05, 3.63) is 47.2 Å². The SMILES string of the molecule is Cn1nc(CNC(=O)c2ccccc2C=O)cc1O. The van der Waals surface area contributed by atoms with Crippen molar-refractivity contribution in [1.29, 1.82) is 0 Å². The normalized spacial score (nSPS) is 10.2. The lowest BCUT2D eigenvalue weighted by Crippen LogP contribution is -2.24. The molecule has 98 valence electrons. The molecule has 0 spiro atoms. The third-order valence-electron chi connectivity index (χ3n) is 2.67. The Morgan fingerprint density at radius 2 is 2.21 bits per heavy atom. The second-order valence-electron chi connectivity index (χ2n) is 4.01. The molecule has 0 aliphatic rings. The van der Waals surface area contributed by atoms with E-state index >= 15 is 0 Å². The quantitative estimate of drug-likeness (QED) is 0.798. The molecule has 0 aliphatic heterocycles. The van der Waals surface area contributed by atoms with Crippen LogP contribution in [0.5, 0.6) is 5.88 Å². The molecule has 6 nitrogen and oxygen atoms in total. The largest absolute Gasteiger partial charge is 0.493 e. The van der Waals surface area contributed by atoms with Crippen LogP contribution in [-0.2, 0) is 13.6 Å². The molecule has 0 saturated carbocycles. The van der Waals surface area contributed by atoms with Gasteiger partial charge in [-0.05, 0) is 6.07 Å². The summed E-state index contributed by atoms with van der Waals surface area (Å²) in [6, 6.07) is 8.00. The van der Waals surface area contributed by atoms with Gasteiger partial charge in [0.15, 0.2) is 6.29 Å². The van der Waals surface area contributed by atoms with Gasteiger partial charge in [-0.3, -0.25) is 9.59 Å². The van der Waals surface area contributed by atoms with Crippen LogP contribution in [-0.4, -0.2) is 27.1 Å². The van der Waals surface area contributed by atoms with Crippen LogP contribution in [0.25, 0.3) is 0 Å². The molecule has 1 aromatic heterocycles. The van der Waals surface area contributed by atoms with Gasteiger partial charge in [0.05, 0.1) is 12.2 Å². The lowest BCUT2D eigenvalue weighted by Gasteiger charge is -2.05. The Hall–Kier alpha value is -2.63. The molecular weight excluding hydrogens is 246 g/mol. The van der Waals surface area contributed by atoms with Gasteiger partial charge in [0.2, 0.25) is 5.88 Å². The number of hydrogen-bond acceptors (Lipinski definition) is 4. The average Bonchev–Trinajstić information content (AvgIpc) is 2.75. The highest BCUT2D eigenvalue weighted by Gasteiger charge is 2.11. The van der Waals surface area contributed by atoms with Gasteiger partial charge in [-0.15, -0.1) is 0 Å². The molecule has 19 heavy (non-hydrogen) atoms. The Bertz CT molecular complexity index is 600. The number of carbonyl (C=O) groups excluding carboxylic acids is 2. The summed E-state index contributed by atoms with van der Waals surface area (Å²) < 4.78 is 1.31. The second-order valence-corrected chi connectivity index (χ2v) is 4.01. The summed E-state index contributed by atoms with van der Waals surface area (Å²) >= 11 is 0. The molecule has 0 bridgehead atoms. The van der Waals surface area contributed by atoms with Crippen LogP contribution in [0.4, 0.5) is 0 Å². The molecule has 1 heterocycles. The number of nitrogens with zero attached hydrogens (tertiary/aromatic N) is 2. The molecule has 6 heteroatoms. The summed E-state index contributed by atoms with van der Waals surface area (Å²) in [5, 5.41) is 16.0. The van der Waals surface area contributed by atoms with Crippen LogP contribution in [0.3, 0.4) is 0 Å². The number of aromatic hydroxyl groups is 1. The number of benzene rings is 1. The van der Waals surface area contributed by atoms with Crippen molar-refractivity contribution < 1.29 is 14.7 Å². The predicted molar refractivity (Wildman–Crippen MR) is 67.9 cm³/mol. The van der Waals surface area contributed by atoms with E-state index in [1.807, 2.05) is 0 Å². The van der Waals surface area contributed by atoms with Gasteiger partial charge in [0.25, 0.3) is 5.91 Å². The number of aldehydes is 1. The van der Waals surface area contributed by atoms with E-state index in [0.717, 1.165) is 0 Å². The Kier molecular flexibility index (Phi) is 3.61. The van der Waals surface area contributed by atoms with E-state index in [1.54, 1.807) is 31.3 Å². The molecule has 1 aromatic carbocycles. The lowest BCUT2D eigenvalue weighted by atomic mass is 10.1. The topological polar surface area (TPSA) is 84.2 Å². The number of hydrogen-bond donors (Lipinski definition) is 2. The Balaban J connectivity index is 2.07. The Morgan fingerprint density at radius 3 is 2.84 bits per heavy atom. The fourth-order valence-corrected chi connectivity index (χ4v) is 1.67. The molecular formula is C13H13N3O3. The number of aryl methyl sites for hydroxylation is 1. The minimum absolute atomic E-state index is 0.0255. The first-order valence-corrected chi connectivity index (χ1v) is 5.66. The van der Waals surface area contributed by atoms with E-state index in [0.29, 0.717) is 23.1 Å². The maximum Gasteiger partial charge on any atom is 0.252 e. The summed E-state index contributed by atoms with van der Waals surface area (Å²) in [4.78, 5) is 22.7. The summed E-state index contributed by atoms with van der Waals surface area (Å²) in [7, 11) is 1.60. The molecule has 2 aromatic rings. The number of rotatable bonds is 4. The van der Waals surface area contributed by atoms with Crippen LogP contribution in [0.1, 0.15) is 26.4 Å². The molecule has 2 N–H and O–H groups in total. The van der Waals surface area contributed by atoms with Crippen LogP contribution in [0.2, 0.25) is 0 Å². The molecule has 0 aliphatic carbocycles. The zero-order chi connectivity index (χ0) is 13.8. The van der Waals surface area contributed by atoms with Crippen molar-refractivity contribution >= 4 is 12.2 Å². The van der Waals surface area contributed by atoms with Gasteiger partial charge >= 0.3 is 0 Å². The van der Waals surface area contributed by atoms with E-state index in [1.165, 1.54) is 10.7 Å². The highest BCUT2D eigenvalue weighted by Crippen LogP contribution is 2.10. The monoisotopic (exact) mass is 259 g/mol. The molecule has 0 saturated heterocycles. The number of carbonyl (C=O) groups is 2. The number of aromatic nitrogens is 2. The summed E-state index contributed by atoms with van der Waals surface area (Å²) in [5.41, 5.74) is 1.19. The standard InChI is InChI=1S/C13H13N3O3/c1-16-12(18)6-10(15-16)7-14-13(19)11-5-3-2-4-9(11)8-17/h2-6,8,18H,7H2,1H3,(H,14,19). The van der Waals surface area contributed by atoms with Crippen LogP contribution >= 0.6 is 0 Å². The smallest absolute Gasteiger partial charge is 0.252 e. The van der Waals surface area contributed by atoms with Crippen molar-refractivity contribution in [3.8, 4) is 5.88 Å². The maximum atomic E-state index is 11.9. The highest BCUT2D eigenvalue weighted by molar-refractivity contribution is 6.01. The Morgan fingerprint density at radius 1 is 1.47 bits per heavy atom. The summed E-state index contributed by atoms with van der Waals surface area (Å²) in [5.74, 6) is -0.328. The highest BCUT2D eigenvalue weighted by atomic mass is 16.3. The molecule has 0 fully saturated rings. The molecule has 1 amide bonds. The fraction of sp³-hybridized carbons (Fsp3) is 0.154. The fourth-order valence-electron chi connectivity index (χ4n) is 1.67. The van der Waals surface area contributed by atoms with Gasteiger partial charge in [-0.25, -0.2) is 4.68 Å². The van der Waals surface area contributed by atoms with Crippen LogP contribution < -0.4 is 5.32 Å². The minimum atomic E-state index is -0.354. The second kappa shape index (κ2) is 5.34. The summed E-state index contributed by atoms with van der Waals surface area (Å²) in [6.07, 6.45) is 0.640. The molecule has 0 radical (unpaired) electrons. The molecule has 0 atom stereocenters. The van der Waals surface area contributed by atoms with Crippen molar-refractivity contribution in [3.63, 3.8) is 0 Å². The molecule has 0 unspecified atom stereocenters. The van der Waals surface area contributed by atoms with Crippen LogP contribution in [0.15, 0.2) is 30.3 Å². The van der Waals surface area contributed by atoms with E-state index in [9.17, 15) is 14.7 Å². The van der Waals surface area contributed by atoms with Gasteiger partial charge in [0, 0.05) is 24.2 Å². The Labute approximate surface area is 109 Å². The van der Waals surface area contributed by atoms with Gasteiger partial charge < -0.3 is 10.4 Å². The van der Waals surface area contributed by atoms with Gasteiger partial charge in [-0.1, -0.05) is 18.2 Å². The van der Waals surface area contributed by atoms with Crippen molar-refractivity contribution in [2.45, 2.75) is 6.54 Å². The third-order valence-corrected chi connectivity index (χ3v) is 2.67. The van der Waals surface area contributed by atoms with Crippen molar-refractivity contribution in [1.82, 2.24) is 15.1 Å². The van der Waals surface area contributed by atoms with E-state index < -0.39 is 0 Å². The van der Waals surface area contributed by atoms with Gasteiger partial charge in [0.1, 0.15) is 0 Å². The zero-order valence-corrected chi connectivity index (χ0v) is 10.3. The zero-order valence-electron chi connectivity index (χ0n) is 10.3. The first-order chi connectivity index (χ1) is 9.11. The maximum absolute atomic E-state index is 11.9. The van der Waals surface area contributed by atoms with Crippen LogP contribution in [0, 0.1) is 0 Å². The van der Waals surface area contributed by atoms with E-state index in [-0.39, 0.29) is 18.3 Å². The van der Waals surface area contributed by atoms with Crippen molar-refractivity contribution in [2.24, 2.45) is 7.05 Å². The minimum Gasteiger partial charge on any atom is -0.493 e. The predicted octanol–water partition coefficient (Wildman–Crippen LogP) is 0.868. The first-order valence-electron chi connectivity index (χ1n) is 5.66. The lowest BCUT2D eigenvalue weighted by molar-refractivity contribution is 0.0945. The molecule has 2 rings (SSSR count). The number of amides is 1. The average molecular weight is 259 g/mol. The van der Waals surface area contributed by atoms with Crippen molar-refractivity contribution in [2.75, 3.05) is 0 Å². The van der Waals surface area contributed by atoms with E-state index in [4.69, 9.17) is 0 Å². The van der Waals surface area contributed by atoms with Gasteiger partial charge in [-0.2, -0.15) is 5.10 Å².